The fraction of sp³-hybridized carbons (Fsp3) is 0.150. The number of rotatable bonds is 6. The number of likely N-dealkylation sites (N-methyl/N-ethyl adjacent to an activating group) is 1. The van der Waals surface area contributed by atoms with Gasteiger partial charge in [0, 0.05) is 12.1 Å². The lowest BCUT2D eigenvalue weighted by Gasteiger charge is -2.20. The number of aromatic nitrogens is 2. The van der Waals surface area contributed by atoms with Crippen molar-refractivity contribution in [2.75, 3.05) is 24.3 Å². The molecule has 3 rings (SSSR count). The van der Waals surface area contributed by atoms with Crippen LogP contribution in [0, 0.1) is 0 Å². The van der Waals surface area contributed by atoms with Gasteiger partial charge in [-0.15, -0.1) is 0 Å². The molecule has 1 amide bonds. The number of benzene rings is 2. The number of hydrogen-bond donors (Lipinski definition) is 2. The molecule has 150 valence electrons. The Labute approximate surface area is 171 Å². The van der Waals surface area contributed by atoms with Crippen molar-refractivity contribution < 1.29 is 9.53 Å². The highest BCUT2D eigenvalue weighted by atomic mass is 35.5. The van der Waals surface area contributed by atoms with Crippen LogP contribution in [0.5, 0.6) is 5.75 Å². The third kappa shape index (κ3) is 4.67. The number of carbonyl (C=O) groups excluding carboxylic acids is 1. The predicted molar refractivity (Wildman–Crippen MR) is 112 cm³/mol. The molecule has 3 aromatic rings. The van der Waals surface area contributed by atoms with Crippen molar-refractivity contribution in [3.05, 3.63) is 86.0 Å². The Kier molecular flexibility index (Phi) is 6.04. The van der Waals surface area contributed by atoms with Crippen LogP contribution < -0.4 is 26.6 Å². The lowest BCUT2D eigenvalue weighted by molar-refractivity contribution is -0.120. The van der Waals surface area contributed by atoms with Crippen LogP contribution >= 0.6 is 11.6 Å². The number of nitrogens with one attached hydrogen (secondary N) is 1. The van der Waals surface area contributed by atoms with E-state index >= 15 is 0 Å². The molecule has 0 aliphatic carbocycles. The lowest BCUT2D eigenvalue weighted by Crippen LogP contribution is -2.41. The number of nitrogen functional groups attached to an aromatic ring is 1. The quantitative estimate of drug-likeness (QED) is 0.639. The zero-order valence-electron chi connectivity index (χ0n) is 15.6. The van der Waals surface area contributed by atoms with E-state index < -0.39 is 17.2 Å². The molecule has 0 saturated heterocycles. The van der Waals surface area contributed by atoms with Gasteiger partial charge in [0.15, 0.2) is 12.3 Å². The molecule has 0 radical (unpaired) electrons. The Morgan fingerprint density at radius 2 is 1.90 bits per heavy atom. The SMILES string of the molecule is CN(C(=O)COc1cccc(Cl)c1)c1c(N)n(Cc2ccccc2)c(=O)[nH]c1=O. The Morgan fingerprint density at radius 1 is 1.17 bits per heavy atom. The summed E-state index contributed by atoms with van der Waals surface area (Å²) in [4.78, 5) is 40.4. The molecule has 0 atom stereocenters. The van der Waals surface area contributed by atoms with Crippen molar-refractivity contribution in [2.45, 2.75) is 6.54 Å². The van der Waals surface area contributed by atoms with E-state index in [4.69, 9.17) is 22.1 Å². The third-order valence-corrected chi connectivity index (χ3v) is 4.50. The summed E-state index contributed by atoms with van der Waals surface area (Å²) in [5.74, 6) is -0.219. The van der Waals surface area contributed by atoms with E-state index in [1.807, 2.05) is 30.3 Å². The third-order valence-electron chi connectivity index (χ3n) is 4.27. The van der Waals surface area contributed by atoms with Gasteiger partial charge in [0.1, 0.15) is 11.6 Å². The molecule has 0 spiro atoms. The average molecular weight is 415 g/mol. The normalized spacial score (nSPS) is 10.6. The Morgan fingerprint density at radius 3 is 2.59 bits per heavy atom. The van der Waals surface area contributed by atoms with Crippen LogP contribution in [-0.2, 0) is 11.3 Å². The maximum Gasteiger partial charge on any atom is 0.330 e. The molecule has 3 N–H and O–H groups in total. The fourth-order valence-corrected chi connectivity index (χ4v) is 2.93. The van der Waals surface area contributed by atoms with Gasteiger partial charge >= 0.3 is 5.69 Å². The molecular formula is C20H19ClN4O4. The molecule has 29 heavy (non-hydrogen) atoms. The monoisotopic (exact) mass is 414 g/mol. The number of H-pyrrole nitrogens is 1. The maximum atomic E-state index is 12.5. The van der Waals surface area contributed by atoms with E-state index in [0.29, 0.717) is 10.8 Å². The molecule has 1 heterocycles. The Balaban J connectivity index is 1.85. The summed E-state index contributed by atoms with van der Waals surface area (Å²) in [7, 11) is 1.39. The van der Waals surface area contributed by atoms with Gasteiger partial charge in [-0.25, -0.2) is 4.79 Å². The van der Waals surface area contributed by atoms with Crippen LogP contribution in [0.4, 0.5) is 11.5 Å². The van der Waals surface area contributed by atoms with E-state index in [1.165, 1.54) is 11.6 Å². The molecule has 0 aliphatic rings. The maximum absolute atomic E-state index is 12.5. The first kappa shape index (κ1) is 20.2. The molecule has 1 aromatic heterocycles. The fourth-order valence-electron chi connectivity index (χ4n) is 2.75. The number of halogens is 1. The highest BCUT2D eigenvalue weighted by Crippen LogP contribution is 2.19. The number of ether oxygens (including phenoxy) is 1. The van der Waals surface area contributed by atoms with Crippen molar-refractivity contribution in [3.8, 4) is 5.75 Å². The van der Waals surface area contributed by atoms with E-state index in [-0.39, 0.29) is 24.7 Å². The van der Waals surface area contributed by atoms with E-state index in [2.05, 4.69) is 4.98 Å². The van der Waals surface area contributed by atoms with Gasteiger partial charge in [-0.05, 0) is 23.8 Å². The topological polar surface area (TPSA) is 110 Å². The van der Waals surface area contributed by atoms with Crippen LogP contribution in [0.1, 0.15) is 5.56 Å². The summed E-state index contributed by atoms with van der Waals surface area (Å²) in [6, 6.07) is 15.7. The van der Waals surface area contributed by atoms with E-state index in [9.17, 15) is 14.4 Å². The molecule has 9 heteroatoms. The first-order valence-electron chi connectivity index (χ1n) is 8.68. The zero-order valence-corrected chi connectivity index (χ0v) is 16.3. The predicted octanol–water partition coefficient (Wildman–Crippen LogP) is 1.86. The molecule has 0 saturated carbocycles. The molecule has 2 aromatic carbocycles. The van der Waals surface area contributed by atoms with Gasteiger partial charge in [-0.1, -0.05) is 48.0 Å². The Hall–Kier alpha value is -3.52. The van der Waals surface area contributed by atoms with Gasteiger partial charge in [-0.3, -0.25) is 19.1 Å². The number of amides is 1. The number of hydrogen-bond acceptors (Lipinski definition) is 5. The smallest absolute Gasteiger partial charge is 0.330 e. The minimum Gasteiger partial charge on any atom is -0.484 e. The van der Waals surface area contributed by atoms with Crippen LogP contribution in [0.15, 0.2) is 64.2 Å². The van der Waals surface area contributed by atoms with Gasteiger partial charge < -0.3 is 15.4 Å². The minimum atomic E-state index is -0.754. The summed E-state index contributed by atoms with van der Waals surface area (Å²) in [6.45, 7) is -0.191. The Bertz CT molecular complexity index is 1140. The number of nitrogens with two attached hydrogens (primary N) is 1. The minimum absolute atomic E-state index is 0.110. The second kappa shape index (κ2) is 8.66. The van der Waals surface area contributed by atoms with Crippen LogP contribution in [-0.4, -0.2) is 29.1 Å². The molecule has 0 aliphatic heterocycles. The lowest BCUT2D eigenvalue weighted by atomic mass is 10.2. The van der Waals surface area contributed by atoms with Gasteiger partial charge in [0.05, 0.1) is 6.54 Å². The first-order chi connectivity index (χ1) is 13.9. The molecule has 0 unspecified atom stereocenters. The summed E-state index contributed by atoms with van der Waals surface area (Å²) in [5.41, 5.74) is 5.37. The van der Waals surface area contributed by atoms with Gasteiger partial charge in [0.2, 0.25) is 0 Å². The van der Waals surface area contributed by atoms with E-state index in [0.717, 1.165) is 10.5 Å². The standard InChI is InChI=1S/C20H19ClN4O4/c1-24(16(26)12-29-15-9-5-8-14(21)10-15)17-18(22)25(20(28)23-19(17)27)11-13-6-3-2-4-7-13/h2-10H,11-12,22H2,1H3,(H,23,27,28). The number of carbonyl (C=O) groups is 1. The summed E-state index contributed by atoms with van der Waals surface area (Å²) < 4.78 is 6.63. The van der Waals surface area contributed by atoms with Crippen LogP contribution in [0.25, 0.3) is 0 Å². The van der Waals surface area contributed by atoms with E-state index in [1.54, 1.807) is 24.3 Å². The number of nitrogens with zero attached hydrogens (tertiary/aromatic N) is 2. The van der Waals surface area contributed by atoms with Gasteiger partial charge in [0.25, 0.3) is 11.5 Å². The first-order valence-corrected chi connectivity index (χ1v) is 9.06. The van der Waals surface area contributed by atoms with Crippen LogP contribution in [0.3, 0.4) is 0 Å². The zero-order chi connectivity index (χ0) is 21.0. The van der Waals surface area contributed by atoms with Crippen LogP contribution in [0.2, 0.25) is 5.02 Å². The van der Waals surface area contributed by atoms with Crippen molar-refractivity contribution in [2.24, 2.45) is 0 Å². The summed E-state index contributed by atoms with van der Waals surface area (Å²) in [5, 5.41) is 0.469. The van der Waals surface area contributed by atoms with Gasteiger partial charge in [-0.2, -0.15) is 0 Å². The molecule has 0 bridgehead atoms. The number of aromatic amines is 1. The average Bonchev–Trinajstić information content (AvgIpc) is 2.70. The highest BCUT2D eigenvalue weighted by Gasteiger charge is 2.21. The second-order valence-corrected chi connectivity index (χ2v) is 6.70. The van der Waals surface area contributed by atoms with Crippen molar-refractivity contribution in [1.82, 2.24) is 9.55 Å². The molecule has 0 fully saturated rings. The summed E-state index contributed by atoms with van der Waals surface area (Å²) in [6.07, 6.45) is 0. The molecular weight excluding hydrogens is 396 g/mol. The molecule has 8 nitrogen and oxygen atoms in total. The second-order valence-electron chi connectivity index (χ2n) is 6.26. The van der Waals surface area contributed by atoms with Crippen molar-refractivity contribution in [3.63, 3.8) is 0 Å². The summed E-state index contributed by atoms with van der Waals surface area (Å²) >= 11 is 5.89. The highest BCUT2D eigenvalue weighted by molar-refractivity contribution is 6.30. The largest absolute Gasteiger partial charge is 0.484 e. The van der Waals surface area contributed by atoms with Crippen molar-refractivity contribution in [1.29, 1.82) is 0 Å². The van der Waals surface area contributed by atoms with Crippen molar-refractivity contribution >= 4 is 29.0 Å². The number of anilines is 2.